The summed E-state index contributed by atoms with van der Waals surface area (Å²) in [5.41, 5.74) is 11.4. The summed E-state index contributed by atoms with van der Waals surface area (Å²) in [6, 6.07) is 28.2. The van der Waals surface area contributed by atoms with E-state index in [1.807, 2.05) is 30.3 Å². The number of halogens is 1. The lowest BCUT2D eigenvalue weighted by atomic mass is 9.87. The fraction of sp³-hybridized carbons (Fsp3) is 0.250. The maximum absolute atomic E-state index is 12.6. The predicted molar refractivity (Wildman–Crippen MR) is 285 cm³/mol. The summed E-state index contributed by atoms with van der Waals surface area (Å²) < 4.78 is 33.6. The number of carbonyl (C=O) groups is 1. The van der Waals surface area contributed by atoms with Gasteiger partial charge in [-0.3, -0.25) is 13.8 Å². The van der Waals surface area contributed by atoms with Crippen LogP contribution in [0.3, 0.4) is 0 Å². The number of carbonyl (C=O) groups excluding carboxylic acids is 1. The number of methoxy groups -OCH3 is 2. The largest absolute Gasteiger partial charge is 0.755 e. The molecule has 0 aliphatic heterocycles. The Bertz CT molecular complexity index is 3170. The Kier molecular flexibility index (Phi) is 20.5. The number of hydrogen-bond donors (Lipinski definition) is 10. The van der Waals surface area contributed by atoms with E-state index in [-0.39, 0.29) is 62.5 Å². The minimum atomic E-state index is -2.29. The van der Waals surface area contributed by atoms with E-state index in [0.29, 0.717) is 74.3 Å². The van der Waals surface area contributed by atoms with Crippen molar-refractivity contribution < 1.29 is 58.8 Å². The Morgan fingerprint density at radius 1 is 0.757 bits per heavy atom. The van der Waals surface area contributed by atoms with Crippen molar-refractivity contribution >= 4 is 57.5 Å². The maximum Gasteiger partial charge on any atom is 0.220 e. The molecule has 1 amide bonds. The zero-order chi connectivity index (χ0) is 53.5. The lowest BCUT2D eigenvalue weighted by molar-refractivity contribution is -0.119. The highest BCUT2D eigenvalue weighted by atomic mass is 35.5. The van der Waals surface area contributed by atoms with Gasteiger partial charge in [0.1, 0.15) is 0 Å². The van der Waals surface area contributed by atoms with Crippen LogP contribution in [0, 0.1) is 0 Å². The van der Waals surface area contributed by atoms with Gasteiger partial charge in [-0.1, -0.05) is 72.3 Å². The van der Waals surface area contributed by atoms with Crippen molar-refractivity contribution in [2.45, 2.75) is 78.3 Å². The highest BCUT2D eigenvalue weighted by Gasteiger charge is 2.27. The van der Waals surface area contributed by atoms with E-state index >= 15 is 0 Å². The molecule has 7 aromatic rings. The zero-order valence-electron chi connectivity index (χ0n) is 41.0. The van der Waals surface area contributed by atoms with E-state index in [9.17, 15) is 54.1 Å². The standard InChI is InChI=1S/C22H25NO6.C18H20O5.C16H15ClN2O2S/c1-12(27)23-19-5-3-13-7-14(9-24)17(10-25)18(11-26)22(13)15-4-6-21(29-2)20(28)8-16(15)19;1-23-18-5-4-12(8-17(18)22)2-3-13-6-14(9-19)16(11-21)15(7-13)10-20;17-15-10-18-16-12(2-1-3-14(15)16)7-4-11-5-8-13(9-6-11)19-22(20)21/h4,6-8,19,24-26H,3,5,9-11H2,1-2H3,(H,23,27);2-8,19-22H,9-11H2,1H3;1-3,5-6,8-10,18-19H,4,7H2,(H,20,21)/p-1/b;3-2-;/t19-;;/m0../s1. The first kappa shape index (κ1) is 56.4. The molecule has 0 saturated carbocycles. The van der Waals surface area contributed by atoms with Gasteiger partial charge in [-0.2, -0.15) is 0 Å². The number of aromatic nitrogens is 1. The van der Waals surface area contributed by atoms with E-state index in [2.05, 4.69) is 21.1 Å². The number of aromatic amines is 1. The number of aryl methyl sites for hydroxylation is 3. The number of nitrogens with one attached hydrogen (secondary N) is 3. The molecule has 2 atom stereocenters. The summed E-state index contributed by atoms with van der Waals surface area (Å²) in [4.78, 5) is 27.6. The monoisotopic (exact) mass is 1050 g/mol. The Labute approximate surface area is 435 Å². The van der Waals surface area contributed by atoms with Crippen LogP contribution in [0.15, 0.2) is 108 Å². The molecule has 0 radical (unpaired) electrons. The molecule has 0 spiro atoms. The lowest BCUT2D eigenvalue weighted by Gasteiger charge is -2.20. The zero-order valence-corrected chi connectivity index (χ0v) is 42.6. The van der Waals surface area contributed by atoms with Gasteiger partial charge < -0.3 is 64.8 Å². The molecule has 74 heavy (non-hydrogen) atoms. The molecule has 10 N–H and O–H groups in total. The number of aromatic hydroxyl groups is 1. The predicted octanol–water partition coefficient (Wildman–Crippen LogP) is 7.18. The number of H-pyrrole nitrogens is 1. The summed E-state index contributed by atoms with van der Waals surface area (Å²) >= 11 is 3.85. The van der Waals surface area contributed by atoms with Gasteiger partial charge in [0, 0.05) is 35.5 Å². The lowest BCUT2D eigenvalue weighted by Crippen LogP contribution is -2.26. The first-order chi connectivity index (χ1) is 35.7. The summed E-state index contributed by atoms with van der Waals surface area (Å²) in [6.45, 7) is -0.176. The van der Waals surface area contributed by atoms with E-state index in [0.717, 1.165) is 51.0 Å². The van der Waals surface area contributed by atoms with Crippen molar-refractivity contribution in [2.24, 2.45) is 0 Å². The summed E-state index contributed by atoms with van der Waals surface area (Å²) in [5.74, 6) is 0.408. The molecule has 18 heteroatoms. The summed E-state index contributed by atoms with van der Waals surface area (Å²) in [7, 11) is 2.90. The fourth-order valence-corrected chi connectivity index (χ4v) is 9.57. The molecule has 1 heterocycles. The van der Waals surface area contributed by atoms with Gasteiger partial charge in [-0.25, -0.2) is 0 Å². The number of amides is 1. The molecule has 1 aromatic heterocycles. The Balaban J connectivity index is 0.000000183. The SMILES string of the molecule is COc1ccc(/C=C\c2cc(CO)c(CO)c(CO)c2)cc1O.COc1ccc2c(cc1=O)[C@@H](NC(C)=O)CCc1cc(CO)c(CO)c(CO)c1-2.O=S([O-])Nc1ccc(CCc2cccc3c(Cl)c[nH]c23)cc1. The van der Waals surface area contributed by atoms with Crippen LogP contribution in [0.4, 0.5) is 5.69 Å². The molecule has 1 unspecified atom stereocenters. The van der Waals surface area contributed by atoms with E-state index in [4.69, 9.17) is 21.1 Å². The van der Waals surface area contributed by atoms with E-state index in [1.54, 1.807) is 72.9 Å². The highest BCUT2D eigenvalue weighted by molar-refractivity contribution is 7.80. The second-order valence-corrected chi connectivity index (χ2v) is 18.2. The van der Waals surface area contributed by atoms with Gasteiger partial charge in [0.2, 0.25) is 11.3 Å². The number of phenols is 1. The normalized spacial score (nSPS) is 13.1. The number of ether oxygens (including phenoxy) is 2. The third-order valence-corrected chi connectivity index (χ3v) is 13.3. The number of fused-ring (bicyclic) bond motifs is 4. The minimum Gasteiger partial charge on any atom is -0.755 e. The Morgan fingerprint density at radius 2 is 1.39 bits per heavy atom. The minimum absolute atomic E-state index is 0.0531. The number of anilines is 1. The van der Waals surface area contributed by atoms with Crippen molar-refractivity contribution in [3.05, 3.63) is 185 Å². The summed E-state index contributed by atoms with van der Waals surface area (Å²) in [6.07, 6.45) is 8.27. The van der Waals surface area contributed by atoms with Crippen LogP contribution in [0.25, 0.3) is 34.2 Å². The number of aliphatic hydroxyl groups is 6. The Hall–Kier alpha value is -6.90. The van der Waals surface area contributed by atoms with Crippen LogP contribution in [0.1, 0.15) is 86.1 Å². The van der Waals surface area contributed by atoms with Crippen molar-refractivity contribution in [3.63, 3.8) is 0 Å². The number of phenolic OH excluding ortho intramolecular Hbond substituents is 1. The van der Waals surface area contributed by atoms with Crippen LogP contribution in [-0.4, -0.2) is 69.6 Å². The van der Waals surface area contributed by atoms with Gasteiger partial charge >= 0.3 is 0 Å². The molecule has 0 fully saturated rings. The van der Waals surface area contributed by atoms with Gasteiger partial charge in [0.15, 0.2) is 17.2 Å². The van der Waals surface area contributed by atoms with Crippen molar-refractivity contribution in [1.29, 1.82) is 0 Å². The van der Waals surface area contributed by atoms with E-state index in [1.165, 1.54) is 32.8 Å². The third kappa shape index (κ3) is 13.8. The average Bonchev–Trinajstić information content (AvgIpc) is 3.63. The second-order valence-electron chi connectivity index (χ2n) is 17.1. The number of para-hydroxylation sites is 1. The molecule has 0 saturated heterocycles. The molecule has 1 aliphatic rings. The van der Waals surface area contributed by atoms with Crippen LogP contribution in [0.5, 0.6) is 17.2 Å². The molecule has 16 nitrogen and oxygen atoms in total. The topological polar surface area (TPSA) is 274 Å². The quantitative estimate of drug-likeness (QED) is 0.0340. The van der Waals surface area contributed by atoms with Crippen LogP contribution in [-0.2, 0) is 75.0 Å². The van der Waals surface area contributed by atoms with Gasteiger partial charge in [-0.05, 0) is 152 Å². The number of benzene rings is 5. The molecule has 390 valence electrons. The Morgan fingerprint density at radius 3 is 1.99 bits per heavy atom. The second kappa shape index (κ2) is 26.9. The molecule has 8 rings (SSSR count). The molecule has 0 bridgehead atoms. The fourth-order valence-electron chi connectivity index (χ4n) is 9.03. The first-order valence-electron chi connectivity index (χ1n) is 23.4. The van der Waals surface area contributed by atoms with Crippen LogP contribution < -0.4 is 24.9 Å². The first-order valence-corrected chi connectivity index (χ1v) is 24.9. The third-order valence-electron chi connectivity index (χ3n) is 12.6. The summed E-state index contributed by atoms with van der Waals surface area (Å²) in [5, 5.41) is 72.4. The van der Waals surface area contributed by atoms with Crippen molar-refractivity contribution in [2.75, 3.05) is 18.9 Å². The molecule has 1 aliphatic carbocycles. The van der Waals surface area contributed by atoms with Gasteiger partial charge in [0.05, 0.1) is 70.4 Å². The molecule has 6 aromatic carbocycles. The number of hydrogen-bond acceptors (Lipinski definition) is 13. The van der Waals surface area contributed by atoms with Gasteiger partial charge in [-0.15, -0.1) is 0 Å². The van der Waals surface area contributed by atoms with Crippen molar-refractivity contribution in [3.8, 4) is 28.4 Å². The molecular weight excluding hydrogens is 990 g/mol. The number of aliphatic hydroxyl groups excluding tert-OH is 6. The van der Waals surface area contributed by atoms with Crippen LogP contribution in [0.2, 0.25) is 5.02 Å². The van der Waals surface area contributed by atoms with Gasteiger partial charge in [0.25, 0.3) is 0 Å². The van der Waals surface area contributed by atoms with E-state index < -0.39 is 17.3 Å². The molecular formula is C56H59ClN3O13S-. The number of rotatable bonds is 16. The highest BCUT2D eigenvalue weighted by Crippen LogP contribution is 2.41. The maximum atomic E-state index is 12.6. The average molecular weight is 1050 g/mol. The van der Waals surface area contributed by atoms with Crippen molar-refractivity contribution in [1.82, 2.24) is 10.3 Å². The van der Waals surface area contributed by atoms with Crippen LogP contribution >= 0.6 is 11.6 Å². The smallest absolute Gasteiger partial charge is 0.220 e.